The first kappa shape index (κ1) is 18.1. The van der Waals surface area contributed by atoms with E-state index >= 15 is 0 Å². The van der Waals surface area contributed by atoms with Gasteiger partial charge in [0.15, 0.2) is 0 Å². The number of benzene rings is 1. The fourth-order valence-electron chi connectivity index (χ4n) is 3.51. The van der Waals surface area contributed by atoms with Gasteiger partial charge in [-0.1, -0.05) is 0 Å². The highest BCUT2D eigenvalue weighted by Gasteiger charge is 2.37. The van der Waals surface area contributed by atoms with Crippen LogP contribution < -0.4 is 4.74 Å². The standard InChI is InChI=1S/C20H25N5O/c1-12(2)25-11-20(4,5)23-19(25)15(9-21)16-10-22-24-17-7-13(3)18(26-6)8-14(16)17/h7-8,10,12,15H,11H2,1-6H3. The van der Waals surface area contributed by atoms with Crippen molar-refractivity contribution in [3.8, 4) is 11.8 Å². The summed E-state index contributed by atoms with van der Waals surface area (Å²) in [6.07, 6.45) is 1.68. The van der Waals surface area contributed by atoms with E-state index in [1.165, 1.54) is 0 Å². The monoisotopic (exact) mass is 351 g/mol. The second-order valence-electron chi connectivity index (χ2n) is 7.71. The second kappa shape index (κ2) is 6.56. The van der Waals surface area contributed by atoms with Crippen LogP contribution in [0.2, 0.25) is 0 Å². The van der Waals surface area contributed by atoms with Crippen LogP contribution in [0.15, 0.2) is 23.3 Å². The third-order valence-electron chi connectivity index (χ3n) is 4.78. The molecule has 1 unspecified atom stereocenters. The molecule has 3 rings (SSSR count). The Kier molecular flexibility index (Phi) is 4.57. The van der Waals surface area contributed by atoms with E-state index in [9.17, 15) is 5.26 Å². The summed E-state index contributed by atoms with van der Waals surface area (Å²) in [5, 5.41) is 19.3. The Labute approximate surface area is 154 Å². The minimum absolute atomic E-state index is 0.209. The Morgan fingerprint density at radius 2 is 2.04 bits per heavy atom. The van der Waals surface area contributed by atoms with Crippen LogP contribution in [0.25, 0.3) is 10.9 Å². The van der Waals surface area contributed by atoms with Crippen molar-refractivity contribution >= 4 is 16.7 Å². The van der Waals surface area contributed by atoms with E-state index in [1.807, 2.05) is 19.1 Å². The summed E-state index contributed by atoms with van der Waals surface area (Å²) in [4.78, 5) is 7.09. The van der Waals surface area contributed by atoms with Gasteiger partial charge in [0.05, 0.1) is 30.4 Å². The predicted molar refractivity (Wildman–Crippen MR) is 103 cm³/mol. The van der Waals surface area contributed by atoms with E-state index in [0.717, 1.165) is 40.2 Å². The number of fused-ring (bicyclic) bond motifs is 1. The molecule has 1 aliphatic heterocycles. The molecule has 0 saturated heterocycles. The van der Waals surface area contributed by atoms with Gasteiger partial charge in [-0.15, -0.1) is 0 Å². The molecule has 0 N–H and O–H groups in total. The first-order chi connectivity index (χ1) is 12.3. The number of amidine groups is 1. The first-order valence-corrected chi connectivity index (χ1v) is 8.83. The van der Waals surface area contributed by atoms with Crippen molar-refractivity contribution in [3.63, 3.8) is 0 Å². The number of methoxy groups -OCH3 is 1. The topological polar surface area (TPSA) is 74.4 Å². The molecule has 2 heterocycles. The third kappa shape index (κ3) is 3.10. The Balaban J connectivity index is 2.19. The number of nitriles is 1. The SMILES string of the molecule is COc1cc2c(C(C#N)C3=NC(C)(C)CN3C(C)C)cnnc2cc1C. The normalized spacial score (nSPS) is 17.3. The molecule has 2 aromatic rings. The Morgan fingerprint density at radius 1 is 1.31 bits per heavy atom. The van der Waals surface area contributed by atoms with E-state index in [0.29, 0.717) is 0 Å². The molecule has 136 valence electrons. The smallest absolute Gasteiger partial charge is 0.131 e. The lowest BCUT2D eigenvalue weighted by Gasteiger charge is -2.28. The fourth-order valence-corrected chi connectivity index (χ4v) is 3.51. The quantitative estimate of drug-likeness (QED) is 0.843. The van der Waals surface area contributed by atoms with E-state index in [-0.39, 0.29) is 11.6 Å². The van der Waals surface area contributed by atoms with Crippen LogP contribution in [-0.4, -0.2) is 46.2 Å². The van der Waals surface area contributed by atoms with Crippen LogP contribution in [0.4, 0.5) is 0 Å². The van der Waals surface area contributed by atoms with Crippen molar-refractivity contribution in [1.29, 1.82) is 5.26 Å². The number of hydrogen-bond acceptors (Lipinski definition) is 6. The number of hydrogen-bond donors (Lipinski definition) is 0. The highest BCUT2D eigenvalue weighted by Crippen LogP contribution is 2.34. The van der Waals surface area contributed by atoms with Gasteiger partial charge in [0.1, 0.15) is 17.5 Å². The molecule has 0 spiro atoms. The van der Waals surface area contributed by atoms with Crippen LogP contribution >= 0.6 is 0 Å². The van der Waals surface area contributed by atoms with Crippen molar-refractivity contribution in [2.45, 2.75) is 52.1 Å². The number of ether oxygens (including phenoxy) is 1. The van der Waals surface area contributed by atoms with E-state index in [1.54, 1.807) is 13.3 Å². The molecular formula is C20H25N5O. The molecule has 1 aromatic heterocycles. The molecule has 1 aliphatic rings. The van der Waals surface area contributed by atoms with Gasteiger partial charge < -0.3 is 9.64 Å². The molecule has 1 atom stereocenters. The summed E-state index contributed by atoms with van der Waals surface area (Å²) in [5.74, 6) is 1.09. The van der Waals surface area contributed by atoms with Crippen molar-refractivity contribution in [1.82, 2.24) is 15.1 Å². The van der Waals surface area contributed by atoms with Crippen molar-refractivity contribution in [2.24, 2.45) is 4.99 Å². The van der Waals surface area contributed by atoms with Gasteiger partial charge in [0.2, 0.25) is 0 Å². The molecule has 6 heteroatoms. The first-order valence-electron chi connectivity index (χ1n) is 8.83. The lowest BCUT2D eigenvalue weighted by Crippen LogP contribution is -2.39. The van der Waals surface area contributed by atoms with Gasteiger partial charge >= 0.3 is 0 Å². The van der Waals surface area contributed by atoms with Crippen LogP contribution in [-0.2, 0) is 0 Å². The van der Waals surface area contributed by atoms with Gasteiger partial charge in [-0.3, -0.25) is 4.99 Å². The Morgan fingerprint density at radius 3 is 2.65 bits per heavy atom. The van der Waals surface area contributed by atoms with Crippen molar-refractivity contribution < 1.29 is 4.74 Å². The average Bonchev–Trinajstić information content (AvgIpc) is 2.91. The van der Waals surface area contributed by atoms with Gasteiger partial charge in [0, 0.05) is 23.5 Å². The highest BCUT2D eigenvalue weighted by molar-refractivity contribution is 5.98. The van der Waals surface area contributed by atoms with Crippen LogP contribution in [0, 0.1) is 18.3 Å². The Hall–Kier alpha value is -2.68. The molecule has 0 amide bonds. The Bertz CT molecular complexity index is 910. The number of aliphatic imine (C=N–C) groups is 1. The zero-order chi connectivity index (χ0) is 19.1. The van der Waals surface area contributed by atoms with Gasteiger partial charge in [0.25, 0.3) is 0 Å². The second-order valence-corrected chi connectivity index (χ2v) is 7.71. The molecule has 0 saturated carbocycles. The van der Waals surface area contributed by atoms with E-state index in [2.05, 4.69) is 48.9 Å². The zero-order valence-electron chi connectivity index (χ0n) is 16.2. The van der Waals surface area contributed by atoms with Crippen LogP contribution in [0.3, 0.4) is 0 Å². The molecule has 1 aromatic carbocycles. The maximum atomic E-state index is 10.0. The maximum Gasteiger partial charge on any atom is 0.131 e. The summed E-state index contributed by atoms with van der Waals surface area (Å²) < 4.78 is 5.47. The number of rotatable bonds is 4. The molecular weight excluding hydrogens is 326 g/mol. The minimum atomic E-state index is -0.496. The minimum Gasteiger partial charge on any atom is -0.496 e. The van der Waals surface area contributed by atoms with E-state index in [4.69, 9.17) is 9.73 Å². The third-order valence-corrected chi connectivity index (χ3v) is 4.78. The van der Waals surface area contributed by atoms with Gasteiger partial charge in [-0.2, -0.15) is 15.5 Å². The number of aryl methyl sites for hydroxylation is 1. The predicted octanol–water partition coefficient (Wildman–Crippen LogP) is 3.46. The van der Waals surface area contributed by atoms with Crippen LogP contribution in [0.1, 0.15) is 44.7 Å². The lowest BCUT2D eigenvalue weighted by atomic mass is 9.95. The molecule has 0 fully saturated rings. The van der Waals surface area contributed by atoms with Gasteiger partial charge in [-0.25, -0.2) is 0 Å². The summed E-state index contributed by atoms with van der Waals surface area (Å²) in [6.45, 7) is 11.2. The lowest BCUT2D eigenvalue weighted by molar-refractivity contribution is 0.320. The molecule has 0 radical (unpaired) electrons. The number of aromatic nitrogens is 2. The largest absolute Gasteiger partial charge is 0.496 e. The highest BCUT2D eigenvalue weighted by atomic mass is 16.5. The molecule has 26 heavy (non-hydrogen) atoms. The summed E-state index contributed by atoms with van der Waals surface area (Å²) in [5.41, 5.74) is 2.36. The average molecular weight is 351 g/mol. The van der Waals surface area contributed by atoms with Crippen LogP contribution in [0.5, 0.6) is 5.75 Å². The number of nitrogens with zero attached hydrogens (tertiary/aromatic N) is 5. The molecule has 0 bridgehead atoms. The van der Waals surface area contributed by atoms with E-state index < -0.39 is 5.92 Å². The van der Waals surface area contributed by atoms with Crippen molar-refractivity contribution in [2.75, 3.05) is 13.7 Å². The summed E-state index contributed by atoms with van der Waals surface area (Å²) >= 11 is 0. The molecule has 0 aliphatic carbocycles. The maximum absolute atomic E-state index is 10.0. The fraction of sp³-hybridized carbons (Fsp3) is 0.500. The zero-order valence-corrected chi connectivity index (χ0v) is 16.2. The summed E-state index contributed by atoms with van der Waals surface area (Å²) in [6, 6.07) is 6.60. The van der Waals surface area contributed by atoms with Crippen molar-refractivity contribution in [3.05, 3.63) is 29.5 Å². The van der Waals surface area contributed by atoms with Gasteiger partial charge in [-0.05, 0) is 52.3 Å². The molecule has 6 nitrogen and oxygen atoms in total. The summed E-state index contributed by atoms with van der Waals surface area (Å²) in [7, 11) is 1.65.